The van der Waals surface area contributed by atoms with Gasteiger partial charge < -0.3 is 25.2 Å². The molecule has 0 aliphatic carbocycles. The number of urea groups is 1. The van der Waals surface area contributed by atoms with Gasteiger partial charge in [0.05, 0.1) is 19.3 Å². The van der Waals surface area contributed by atoms with Crippen LogP contribution in [0, 0.1) is 0 Å². The van der Waals surface area contributed by atoms with Gasteiger partial charge >= 0.3 is 6.03 Å². The van der Waals surface area contributed by atoms with Gasteiger partial charge in [-0.25, -0.2) is 4.79 Å². The zero-order valence-corrected chi connectivity index (χ0v) is 11.9. The maximum absolute atomic E-state index is 11.5. The molecule has 0 heterocycles. The molecule has 0 saturated carbocycles. The second-order valence-electron chi connectivity index (χ2n) is 4.13. The molecule has 0 radical (unpaired) electrons. The quantitative estimate of drug-likeness (QED) is 0.631. The predicted molar refractivity (Wildman–Crippen MR) is 75.9 cm³/mol. The molecule has 1 rings (SSSR count). The van der Waals surface area contributed by atoms with Crippen LogP contribution < -0.4 is 20.1 Å². The van der Waals surface area contributed by atoms with Gasteiger partial charge in [0.2, 0.25) is 0 Å². The summed E-state index contributed by atoms with van der Waals surface area (Å²) in [6.45, 7) is 4.40. The van der Waals surface area contributed by atoms with Crippen LogP contribution in [0.5, 0.6) is 11.5 Å². The first-order valence-electron chi connectivity index (χ1n) is 6.70. The summed E-state index contributed by atoms with van der Waals surface area (Å²) in [4.78, 5) is 11.5. The third kappa shape index (κ3) is 5.79. The van der Waals surface area contributed by atoms with Gasteiger partial charge in [0.1, 0.15) is 11.5 Å². The van der Waals surface area contributed by atoms with Crippen LogP contribution in [0.15, 0.2) is 24.3 Å². The Morgan fingerprint density at radius 1 is 1.20 bits per heavy atom. The first kappa shape index (κ1) is 16.1. The number of rotatable bonds is 8. The molecular formula is C14H22N2O4. The number of carbonyl (C=O) groups is 1. The van der Waals surface area contributed by atoms with Crippen LogP contribution in [0.3, 0.4) is 0 Å². The number of amides is 2. The third-order valence-electron chi connectivity index (χ3n) is 2.65. The van der Waals surface area contributed by atoms with E-state index in [4.69, 9.17) is 14.6 Å². The monoisotopic (exact) mass is 282 g/mol. The zero-order chi connectivity index (χ0) is 14.8. The zero-order valence-electron chi connectivity index (χ0n) is 11.9. The molecule has 112 valence electrons. The number of ether oxygens (including phenoxy) is 2. The van der Waals surface area contributed by atoms with E-state index in [2.05, 4.69) is 10.6 Å². The van der Waals surface area contributed by atoms with E-state index in [1.807, 2.05) is 13.8 Å². The molecule has 0 fully saturated rings. The number of benzene rings is 1. The molecule has 1 aromatic carbocycles. The molecule has 20 heavy (non-hydrogen) atoms. The fourth-order valence-corrected chi connectivity index (χ4v) is 1.50. The van der Waals surface area contributed by atoms with Crippen LogP contribution in [-0.4, -0.2) is 37.1 Å². The Labute approximate surface area is 119 Å². The summed E-state index contributed by atoms with van der Waals surface area (Å²) in [6, 6.07) is 6.55. The summed E-state index contributed by atoms with van der Waals surface area (Å²) in [6.07, 6.45) is 0.670. The van der Waals surface area contributed by atoms with Crippen molar-refractivity contribution in [3.63, 3.8) is 0 Å². The third-order valence-corrected chi connectivity index (χ3v) is 2.65. The first-order chi connectivity index (χ1) is 9.69. The van der Waals surface area contributed by atoms with Crippen LogP contribution >= 0.6 is 0 Å². The van der Waals surface area contributed by atoms with Crippen molar-refractivity contribution in [2.45, 2.75) is 26.3 Å². The lowest BCUT2D eigenvalue weighted by molar-refractivity contribution is 0.204. The van der Waals surface area contributed by atoms with Crippen LogP contribution in [-0.2, 0) is 0 Å². The van der Waals surface area contributed by atoms with Crippen molar-refractivity contribution < 1.29 is 19.4 Å². The fraction of sp³-hybridized carbons (Fsp3) is 0.500. The van der Waals surface area contributed by atoms with Gasteiger partial charge in [-0.15, -0.1) is 0 Å². The number of aliphatic hydroxyl groups excluding tert-OH is 1. The van der Waals surface area contributed by atoms with E-state index in [0.717, 1.165) is 5.75 Å². The molecule has 3 N–H and O–H groups in total. The van der Waals surface area contributed by atoms with Crippen molar-refractivity contribution in [2.24, 2.45) is 0 Å². The van der Waals surface area contributed by atoms with E-state index in [0.29, 0.717) is 18.8 Å². The summed E-state index contributed by atoms with van der Waals surface area (Å²) in [5.74, 6) is 1.42. The Hall–Kier alpha value is -1.95. The van der Waals surface area contributed by atoms with E-state index in [1.54, 1.807) is 24.3 Å². The number of aliphatic hydroxyl groups is 1. The molecular weight excluding hydrogens is 260 g/mol. The van der Waals surface area contributed by atoms with E-state index in [1.165, 1.54) is 0 Å². The molecule has 1 atom stereocenters. The van der Waals surface area contributed by atoms with Crippen LogP contribution in [0.4, 0.5) is 4.79 Å². The highest BCUT2D eigenvalue weighted by molar-refractivity contribution is 5.74. The SMILES string of the molecule is CCOc1ccc(OCNC(=O)NC(CC)CO)cc1. The second kappa shape index (κ2) is 9.03. The summed E-state index contributed by atoms with van der Waals surface area (Å²) in [5.41, 5.74) is 0. The van der Waals surface area contributed by atoms with Crippen LogP contribution in [0.1, 0.15) is 20.3 Å². The molecule has 6 heteroatoms. The number of nitrogens with one attached hydrogen (secondary N) is 2. The minimum absolute atomic E-state index is 0.0572. The Morgan fingerprint density at radius 3 is 2.30 bits per heavy atom. The Kier molecular flexibility index (Phi) is 7.27. The second-order valence-corrected chi connectivity index (χ2v) is 4.13. The van der Waals surface area contributed by atoms with Gasteiger partial charge in [-0.05, 0) is 37.6 Å². The molecule has 0 aliphatic heterocycles. The minimum atomic E-state index is -0.364. The Balaban J connectivity index is 2.27. The highest BCUT2D eigenvalue weighted by Gasteiger charge is 2.08. The van der Waals surface area contributed by atoms with E-state index in [-0.39, 0.29) is 25.4 Å². The van der Waals surface area contributed by atoms with Crippen LogP contribution in [0.2, 0.25) is 0 Å². The highest BCUT2D eigenvalue weighted by Crippen LogP contribution is 2.17. The van der Waals surface area contributed by atoms with Crippen molar-refractivity contribution in [3.05, 3.63) is 24.3 Å². The molecule has 0 aromatic heterocycles. The van der Waals surface area contributed by atoms with Gasteiger partial charge in [0, 0.05) is 0 Å². The first-order valence-corrected chi connectivity index (χ1v) is 6.70. The van der Waals surface area contributed by atoms with Gasteiger partial charge in [-0.2, -0.15) is 0 Å². The Bertz CT molecular complexity index is 391. The summed E-state index contributed by atoms with van der Waals surface area (Å²) in [5, 5.41) is 14.1. The molecule has 0 spiro atoms. The lowest BCUT2D eigenvalue weighted by atomic mass is 10.2. The lowest BCUT2D eigenvalue weighted by Crippen LogP contribution is -2.44. The summed E-state index contributed by atoms with van der Waals surface area (Å²) < 4.78 is 10.7. The molecule has 1 aromatic rings. The van der Waals surface area contributed by atoms with Gasteiger partial charge in [-0.1, -0.05) is 6.92 Å². The number of carbonyl (C=O) groups excluding carboxylic acids is 1. The number of hydrogen-bond acceptors (Lipinski definition) is 4. The molecule has 0 saturated heterocycles. The smallest absolute Gasteiger partial charge is 0.317 e. The highest BCUT2D eigenvalue weighted by atomic mass is 16.5. The molecule has 2 amide bonds. The predicted octanol–water partition coefficient (Wildman–Crippen LogP) is 1.49. The van der Waals surface area contributed by atoms with Gasteiger partial charge in [0.25, 0.3) is 0 Å². The van der Waals surface area contributed by atoms with Crippen LogP contribution in [0.25, 0.3) is 0 Å². The van der Waals surface area contributed by atoms with Crippen molar-refractivity contribution in [2.75, 3.05) is 19.9 Å². The summed E-state index contributed by atoms with van der Waals surface area (Å²) in [7, 11) is 0. The molecule has 0 aliphatic rings. The lowest BCUT2D eigenvalue weighted by Gasteiger charge is -2.15. The normalized spacial score (nSPS) is 11.6. The van der Waals surface area contributed by atoms with Crippen molar-refractivity contribution in [3.8, 4) is 11.5 Å². The van der Waals surface area contributed by atoms with E-state index < -0.39 is 0 Å². The maximum Gasteiger partial charge on any atom is 0.317 e. The van der Waals surface area contributed by atoms with Gasteiger partial charge in [-0.3, -0.25) is 0 Å². The van der Waals surface area contributed by atoms with Crippen molar-refractivity contribution in [1.82, 2.24) is 10.6 Å². The summed E-state index contributed by atoms with van der Waals surface area (Å²) >= 11 is 0. The van der Waals surface area contributed by atoms with E-state index >= 15 is 0 Å². The standard InChI is InChI=1S/C14H22N2O4/c1-3-11(9-17)16-14(18)15-10-20-13-7-5-12(6-8-13)19-4-2/h5-8,11,17H,3-4,9-10H2,1-2H3,(H2,15,16,18). The topological polar surface area (TPSA) is 79.8 Å². The molecule has 0 bridgehead atoms. The largest absolute Gasteiger partial charge is 0.494 e. The minimum Gasteiger partial charge on any atom is -0.494 e. The molecule has 1 unspecified atom stereocenters. The Morgan fingerprint density at radius 2 is 1.80 bits per heavy atom. The fourth-order valence-electron chi connectivity index (χ4n) is 1.50. The maximum atomic E-state index is 11.5. The van der Waals surface area contributed by atoms with Crippen molar-refractivity contribution in [1.29, 1.82) is 0 Å². The van der Waals surface area contributed by atoms with Gasteiger partial charge in [0.15, 0.2) is 6.73 Å². The average Bonchev–Trinajstić information content (AvgIpc) is 2.47. The van der Waals surface area contributed by atoms with E-state index in [9.17, 15) is 4.79 Å². The van der Waals surface area contributed by atoms with Crippen molar-refractivity contribution >= 4 is 6.03 Å². The number of hydrogen-bond donors (Lipinski definition) is 3. The molecule has 6 nitrogen and oxygen atoms in total. The average molecular weight is 282 g/mol.